The summed E-state index contributed by atoms with van der Waals surface area (Å²) in [4.78, 5) is 2.18. The molecule has 1 saturated heterocycles. The van der Waals surface area contributed by atoms with Gasteiger partial charge in [0.1, 0.15) is 0 Å². The number of hydrogen-bond acceptors (Lipinski definition) is 5. The summed E-state index contributed by atoms with van der Waals surface area (Å²) in [5.74, 6) is 0.459. The smallest absolute Gasteiger partial charge is 0.296 e. The van der Waals surface area contributed by atoms with Crippen LogP contribution in [-0.4, -0.2) is 38.0 Å². The minimum Gasteiger partial charge on any atom is -0.296 e. The van der Waals surface area contributed by atoms with Crippen molar-refractivity contribution >= 4 is 11.8 Å². The second-order valence-electron chi connectivity index (χ2n) is 6.48. The molecule has 0 bridgehead atoms. The molecule has 0 radical (unpaired) electrons. The molecule has 2 aromatic rings. The van der Waals surface area contributed by atoms with Crippen molar-refractivity contribution in [2.45, 2.75) is 49.3 Å². The lowest BCUT2D eigenvalue weighted by atomic mass is 10.1. The number of aromatic nitrogens is 3. The Kier molecular flexibility index (Phi) is 6.07. The van der Waals surface area contributed by atoms with Crippen molar-refractivity contribution in [1.29, 1.82) is 5.26 Å². The molecular weight excluding hydrogens is 375 g/mol. The lowest BCUT2D eigenvalue weighted by molar-refractivity contribution is -0.137. The maximum atomic E-state index is 13.6. The lowest BCUT2D eigenvalue weighted by Crippen LogP contribution is -2.30. The molecule has 1 aromatic heterocycles. The molecule has 0 unspecified atom stereocenters. The average Bonchev–Trinajstić information content (AvgIpc) is 3.03. The summed E-state index contributed by atoms with van der Waals surface area (Å²) in [6.07, 6.45) is -1.19. The zero-order valence-electron chi connectivity index (χ0n) is 14.9. The molecule has 3 rings (SSSR count). The number of benzene rings is 1. The Morgan fingerprint density at radius 1 is 1.19 bits per heavy atom. The largest absolute Gasteiger partial charge is 0.418 e. The van der Waals surface area contributed by atoms with Gasteiger partial charge in [-0.3, -0.25) is 9.47 Å². The fraction of sp³-hybridized carbons (Fsp3) is 0.500. The summed E-state index contributed by atoms with van der Waals surface area (Å²) in [5.41, 5.74) is -0.745. The monoisotopic (exact) mass is 395 g/mol. The van der Waals surface area contributed by atoms with E-state index in [-0.39, 0.29) is 5.69 Å². The third-order valence-corrected chi connectivity index (χ3v) is 5.36. The van der Waals surface area contributed by atoms with Crippen LogP contribution in [0.2, 0.25) is 0 Å². The SMILES string of the molecule is C[C@@H](C#N)Sc1nnc(CN2CCCCC2)n1-c1ccccc1C(F)(F)F. The molecule has 1 aromatic carbocycles. The molecular formula is C18H20F3N5S. The van der Waals surface area contributed by atoms with Gasteiger partial charge in [0.2, 0.25) is 0 Å². The van der Waals surface area contributed by atoms with E-state index in [1.54, 1.807) is 13.0 Å². The van der Waals surface area contributed by atoms with Gasteiger partial charge < -0.3 is 0 Å². The molecule has 0 saturated carbocycles. The zero-order chi connectivity index (χ0) is 19.4. The van der Waals surface area contributed by atoms with E-state index in [0.29, 0.717) is 17.5 Å². The molecule has 5 nitrogen and oxygen atoms in total. The van der Waals surface area contributed by atoms with Crippen molar-refractivity contribution in [1.82, 2.24) is 19.7 Å². The zero-order valence-corrected chi connectivity index (χ0v) is 15.7. The Balaban J connectivity index is 2.05. The highest BCUT2D eigenvalue weighted by Gasteiger charge is 2.35. The molecule has 1 atom stereocenters. The highest BCUT2D eigenvalue weighted by molar-refractivity contribution is 8.00. The van der Waals surface area contributed by atoms with Gasteiger partial charge in [0.25, 0.3) is 0 Å². The molecule has 0 aliphatic carbocycles. The fourth-order valence-corrected chi connectivity index (χ4v) is 3.90. The van der Waals surface area contributed by atoms with Gasteiger partial charge in [-0.15, -0.1) is 10.2 Å². The predicted molar refractivity (Wildman–Crippen MR) is 96.4 cm³/mol. The molecule has 2 heterocycles. The van der Waals surface area contributed by atoms with Gasteiger partial charge in [0.15, 0.2) is 11.0 Å². The minimum atomic E-state index is -4.49. The third-order valence-electron chi connectivity index (χ3n) is 4.43. The van der Waals surface area contributed by atoms with E-state index in [0.717, 1.165) is 43.8 Å². The van der Waals surface area contributed by atoms with Crippen LogP contribution in [0.15, 0.2) is 29.4 Å². The number of likely N-dealkylation sites (tertiary alicyclic amines) is 1. The first-order chi connectivity index (χ1) is 12.9. The van der Waals surface area contributed by atoms with Gasteiger partial charge >= 0.3 is 6.18 Å². The summed E-state index contributed by atoms with van der Waals surface area (Å²) in [5, 5.41) is 17.2. The first-order valence-corrected chi connectivity index (χ1v) is 9.67. The number of halogens is 3. The van der Waals surface area contributed by atoms with Crippen molar-refractivity contribution in [3.63, 3.8) is 0 Å². The molecule has 9 heteroatoms. The topological polar surface area (TPSA) is 57.7 Å². The Hall–Kier alpha value is -2.05. The number of thioether (sulfide) groups is 1. The number of nitriles is 1. The molecule has 0 N–H and O–H groups in total. The van der Waals surface area contributed by atoms with Crippen molar-refractivity contribution in [2.75, 3.05) is 13.1 Å². The van der Waals surface area contributed by atoms with E-state index in [1.807, 2.05) is 0 Å². The highest BCUT2D eigenvalue weighted by atomic mass is 32.2. The van der Waals surface area contributed by atoms with Crippen LogP contribution in [0.1, 0.15) is 37.6 Å². The van der Waals surface area contributed by atoms with E-state index >= 15 is 0 Å². The van der Waals surface area contributed by atoms with Crippen LogP contribution < -0.4 is 0 Å². The highest BCUT2D eigenvalue weighted by Crippen LogP contribution is 2.36. The first-order valence-electron chi connectivity index (χ1n) is 8.79. The molecule has 144 valence electrons. The predicted octanol–water partition coefficient (Wildman–Crippen LogP) is 4.28. The Labute approximate surface area is 160 Å². The molecule has 1 aliphatic heterocycles. The van der Waals surface area contributed by atoms with E-state index in [2.05, 4.69) is 21.2 Å². The minimum absolute atomic E-state index is 0.00495. The van der Waals surface area contributed by atoms with Gasteiger partial charge in [0.05, 0.1) is 29.1 Å². The molecule has 0 spiro atoms. The number of piperidine rings is 1. The summed E-state index contributed by atoms with van der Waals surface area (Å²) < 4.78 is 42.2. The Bertz CT molecular complexity index is 821. The van der Waals surface area contributed by atoms with E-state index in [4.69, 9.17) is 5.26 Å². The average molecular weight is 395 g/mol. The quantitative estimate of drug-likeness (QED) is 0.708. The van der Waals surface area contributed by atoms with Gasteiger partial charge in [0, 0.05) is 0 Å². The third kappa shape index (κ3) is 4.62. The van der Waals surface area contributed by atoms with Crippen LogP contribution in [-0.2, 0) is 12.7 Å². The number of para-hydroxylation sites is 1. The van der Waals surface area contributed by atoms with Crippen LogP contribution in [0.25, 0.3) is 5.69 Å². The van der Waals surface area contributed by atoms with Gasteiger partial charge in [-0.05, 0) is 45.0 Å². The molecule has 0 amide bonds. The molecule has 27 heavy (non-hydrogen) atoms. The Morgan fingerprint density at radius 3 is 2.56 bits per heavy atom. The lowest BCUT2D eigenvalue weighted by Gasteiger charge is -2.26. The van der Waals surface area contributed by atoms with Crippen LogP contribution in [0.5, 0.6) is 0 Å². The summed E-state index contributed by atoms with van der Waals surface area (Å²) >= 11 is 1.11. The maximum absolute atomic E-state index is 13.6. The second kappa shape index (κ2) is 8.31. The second-order valence-corrected chi connectivity index (χ2v) is 7.78. The molecule has 1 fully saturated rings. The maximum Gasteiger partial charge on any atom is 0.418 e. The number of nitrogens with zero attached hydrogens (tertiary/aromatic N) is 5. The summed E-state index contributed by atoms with van der Waals surface area (Å²) in [6, 6.07) is 7.49. The fourth-order valence-electron chi connectivity index (χ4n) is 3.13. The number of alkyl halides is 3. The van der Waals surface area contributed by atoms with Crippen LogP contribution in [0.3, 0.4) is 0 Å². The van der Waals surface area contributed by atoms with Gasteiger partial charge in [-0.25, -0.2) is 0 Å². The van der Waals surface area contributed by atoms with Crippen LogP contribution in [0, 0.1) is 11.3 Å². The van der Waals surface area contributed by atoms with Crippen molar-refractivity contribution < 1.29 is 13.2 Å². The normalized spacial score (nSPS) is 16.9. The van der Waals surface area contributed by atoms with Crippen molar-refractivity contribution in [3.05, 3.63) is 35.7 Å². The standard InChI is InChI=1S/C18H20F3N5S/c1-13(11-22)27-17-24-23-16(12-25-9-5-2-6-10-25)26(17)15-8-4-3-7-14(15)18(19,20)21/h3-4,7-8,13H,2,5-6,9-10,12H2,1H3/t13-/m0/s1. The van der Waals surface area contributed by atoms with E-state index in [9.17, 15) is 13.2 Å². The van der Waals surface area contributed by atoms with Gasteiger partial charge in [-0.2, -0.15) is 18.4 Å². The van der Waals surface area contributed by atoms with Crippen molar-refractivity contribution in [3.8, 4) is 11.8 Å². The van der Waals surface area contributed by atoms with E-state index < -0.39 is 17.0 Å². The number of rotatable bonds is 5. The molecule has 1 aliphatic rings. The summed E-state index contributed by atoms with van der Waals surface area (Å²) in [6.45, 7) is 3.90. The van der Waals surface area contributed by atoms with Crippen LogP contribution in [0.4, 0.5) is 13.2 Å². The Morgan fingerprint density at radius 2 is 1.89 bits per heavy atom. The first kappa shape index (κ1) is 19.7. The van der Waals surface area contributed by atoms with Crippen molar-refractivity contribution in [2.24, 2.45) is 0 Å². The van der Waals surface area contributed by atoms with Gasteiger partial charge in [-0.1, -0.05) is 30.3 Å². The van der Waals surface area contributed by atoms with E-state index in [1.165, 1.54) is 23.1 Å². The number of hydrogen-bond donors (Lipinski definition) is 0. The van der Waals surface area contributed by atoms with Crippen LogP contribution >= 0.6 is 11.8 Å². The summed E-state index contributed by atoms with van der Waals surface area (Å²) in [7, 11) is 0.